The van der Waals surface area contributed by atoms with E-state index in [2.05, 4.69) is 39.2 Å². The summed E-state index contributed by atoms with van der Waals surface area (Å²) in [7, 11) is 2.21. The molecule has 1 aromatic rings. The Morgan fingerprint density at radius 2 is 1.70 bits per heavy atom. The molecule has 0 radical (unpaired) electrons. The van der Waals surface area contributed by atoms with Crippen LogP contribution in [0.4, 0.5) is 11.4 Å². The fourth-order valence-corrected chi connectivity index (χ4v) is 3.61. The Morgan fingerprint density at radius 3 is 2.30 bits per heavy atom. The Morgan fingerprint density at radius 1 is 1.04 bits per heavy atom. The molecule has 0 spiro atoms. The molecule has 0 atom stereocenters. The Hall–Kier alpha value is -1.59. The summed E-state index contributed by atoms with van der Waals surface area (Å²) in [5.74, 6) is 0.839. The molecular weight excluding hydrogens is 288 g/mol. The number of benzene rings is 1. The number of carbonyl (C=O) groups is 1. The number of hydrogen-bond acceptors (Lipinski definition) is 4. The van der Waals surface area contributed by atoms with Crippen LogP contribution in [0.3, 0.4) is 0 Å². The SMILES string of the molecule is CN1CCN(CC2CCN(c3ccc(NC=O)cc3)CC2)CC1. The zero-order chi connectivity index (χ0) is 16.1. The highest BCUT2D eigenvalue weighted by Crippen LogP contribution is 2.25. The molecule has 0 bridgehead atoms. The van der Waals surface area contributed by atoms with E-state index in [-0.39, 0.29) is 0 Å². The third-order valence-electron chi connectivity index (χ3n) is 5.18. The van der Waals surface area contributed by atoms with E-state index in [9.17, 15) is 4.79 Å². The molecule has 1 amide bonds. The lowest BCUT2D eigenvalue weighted by Crippen LogP contribution is -2.47. The van der Waals surface area contributed by atoms with Crippen LogP contribution in [0.5, 0.6) is 0 Å². The minimum absolute atomic E-state index is 0.721. The van der Waals surface area contributed by atoms with Crippen LogP contribution in [0.1, 0.15) is 12.8 Å². The van der Waals surface area contributed by atoms with Gasteiger partial charge >= 0.3 is 0 Å². The van der Waals surface area contributed by atoms with Crippen LogP contribution in [0.25, 0.3) is 0 Å². The fourth-order valence-electron chi connectivity index (χ4n) is 3.61. The van der Waals surface area contributed by atoms with Crippen LogP contribution < -0.4 is 10.2 Å². The quantitative estimate of drug-likeness (QED) is 0.840. The van der Waals surface area contributed by atoms with Gasteiger partial charge in [0.15, 0.2) is 0 Å². The minimum Gasteiger partial charge on any atom is -0.372 e. The molecule has 2 saturated heterocycles. The van der Waals surface area contributed by atoms with E-state index in [1.807, 2.05) is 12.1 Å². The van der Waals surface area contributed by atoms with Gasteiger partial charge in [-0.15, -0.1) is 0 Å². The summed E-state index contributed by atoms with van der Waals surface area (Å²) in [5, 5.41) is 2.69. The van der Waals surface area contributed by atoms with Gasteiger partial charge in [0.2, 0.25) is 6.41 Å². The largest absolute Gasteiger partial charge is 0.372 e. The van der Waals surface area contributed by atoms with E-state index < -0.39 is 0 Å². The number of likely N-dealkylation sites (N-methyl/N-ethyl adjacent to an activating group) is 1. The van der Waals surface area contributed by atoms with Gasteiger partial charge in [0.1, 0.15) is 0 Å². The van der Waals surface area contributed by atoms with Crippen molar-refractivity contribution in [3.8, 4) is 0 Å². The number of rotatable bonds is 5. The van der Waals surface area contributed by atoms with Crippen molar-refractivity contribution in [2.24, 2.45) is 5.92 Å². The molecule has 0 unspecified atom stereocenters. The van der Waals surface area contributed by atoms with Crippen molar-refractivity contribution in [2.45, 2.75) is 12.8 Å². The lowest BCUT2D eigenvalue weighted by atomic mass is 9.95. The Labute approximate surface area is 139 Å². The zero-order valence-electron chi connectivity index (χ0n) is 14.1. The van der Waals surface area contributed by atoms with Gasteiger partial charge in [-0.25, -0.2) is 0 Å². The van der Waals surface area contributed by atoms with Crippen molar-refractivity contribution in [1.82, 2.24) is 9.80 Å². The molecule has 0 aromatic heterocycles. The van der Waals surface area contributed by atoms with E-state index in [1.165, 1.54) is 51.3 Å². The molecule has 5 heteroatoms. The highest BCUT2D eigenvalue weighted by atomic mass is 16.1. The first-order chi connectivity index (χ1) is 11.2. The smallest absolute Gasteiger partial charge is 0.211 e. The number of nitrogens with one attached hydrogen (secondary N) is 1. The molecule has 0 saturated carbocycles. The number of carbonyl (C=O) groups excluding carboxylic acids is 1. The summed E-state index contributed by atoms with van der Waals surface area (Å²) >= 11 is 0. The van der Waals surface area contributed by atoms with Gasteiger partial charge in [0, 0.05) is 57.2 Å². The van der Waals surface area contributed by atoms with Crippen molar-refractivity contribution in [3.05, 3.63) is 24.3 Å². The third-order valence-corrected chi connectivity index (χ3v) is 5.18. The summed E-state index contributed by atoms with van der Waals surface area (Å²) in [5.41, 5.74) is 2.12. The predicted molar refractivity (Wildman–Crippen MR) is 95.0 cm³/mol. The van der Waals surface area contributed by atoms with E-state index in [4.69, 9.17) is 0 Å². The normalized spacial score (nSPS) is 21.3. The van der Waals surface area contributed by atoms with Crippen LogP contribution in [0, 0.1) is 5.92 Å². The monoisotopic (exact) mass is 316 g/mol. The van der Waals surface area contributed by atoms with E-state index in [0.717, 1.165) is 31.1 Å². The summed E-state index contributed by atoms with van der Waals surface area (Å²) < 4.78 is 0. The predicted octanol–water partition coefficient (Wildman–Crippen LogP) is 1.72. The first-order valence-corrected chi connectivity index (χ1v) is 8.70. The molecule has 126 valence electrons. The number of piperazine rings is 1. The topological polar surface area (TPSA) is 38.8 Å². The summed E-state index contributed by atoms with van der Waals surface area (Å²) in [6.07, 6.45) is 3.28. The van der Waals surface area contributed by atoms with E-state index in [0.29, 0.717) is 0 Å². The van der Waals surface area contributed by atoms with E-state index in [1.54, 1.807) is 0 Å². The first kappa shape index (κ1) is 16.3. The zero-order valence-corrected chi connectivity index (χ0v) is 14.1. The molecule has 1 aromatic carbocycles. The Bertz CT molecular complexity index is 488. The molecule has 5 nitrogen and oxygen atoms in total. The summed E-state index contributed by atoms with van der Waals surface area (Å²) in [6, 6.07) is 8.15. The van der Waals surface area contributed by atoms with Gasteiger partial charge in [-0.3, -0.25) is 4.79 Å². The fraction of sp³-hybridized carbons (Fsp3) is 0.611. The molecular formula is C18H28N4O. The van der Waals surface area contributed by atoms with Crippen molar-refractivity contribution in [2.75, 3.05) is 63.1 Å². The molecule has 2 aliphatic rings. The number of hydrogen-bond donors (Lipinski definition) is 1. The second kappa shape index (κ2) is 7.79. The van der Waals surface area contributed by atoms with Crippen LogP contribution >= 0.6 is 0 Å². The lowest BCUT2D eigenvalue weighted by Gasteiger charge is -2.38. The van der Waals surface area contributed by atoms with Crippen LogP contribution in [-0.2, 0) is 4.79 Å². The minimum atomic E-state index is 0.721. The third kappa shape index (κ3) is 4.45. The lowest BCUT2D eigenvalue weighted by molar-refractivity contribution is -0.105. The van der Waals surface area contributed by atoms with E-state index >= 15 is 0 Å². The van der Waals surface area contributed by atoms with Crippen molar-refractivity contribution < 1.29 is 4.79 Å². The average Bonchev–Trinajstić information content (AvgIpc) is 2.59. The van der Waals surface area contributed by atoms with Gasteiger partial charge < -0.3 is 20.0 Å². The molecule has 2 fully saturated rings. The standard InChI is InChI=1S/C18H28N4O/c1-20-10-12-21(13-11-20)14-16-6-8-22(9-7-16)18-4-2-17(3-5-18)19-15-23/h2-5,15-16H,6-14H2,1H3,(H,19,23). The maximum absolute atomic E-state index is 10.5. The van der Waals surface area contributed by atoms with Crippen molar-refractivity contribution >= 4 is 17.8 Å². The molecule has 0 aliphatic carbocycles. The number of anilines is 2. The van der Waals surface area contributed by atoms with Crippen LogP contribution in [0.15, 0.2) is 24.3 Å². The average molecular weight is 316 g/mol. The highest BCUT2D eigenvalue weighted by molar-refractivity contribution is 5.72. The van der Waals surface area contributed by atoms with Gasteiger partial charge in [0.05, 0.1) is 0 Å². The van der Waals surface area contributed by atoms with Crippen LogP contribution in [0.2, 0.25) is 0 Å². The number of nitrogens with zero attached hydrogens (tertiary/aromatic N) is 3. The Balaban J connectivity index is 1.45. The van der Waals surface area contributed by atoms with Crippen molar-refractivity contribution in [1.29, 1.82) is 0 Å². The van der Waals surface area contributed by atoms with Gasteiger partial charge in [-0.2, -0.15) is 0 Å². The van der Waals surface area contributed by atoms with Crippen molar-refractivity contribution in [3.63, 3.8) is 0 Å². The van der Waals surface area contributed by atoms with Gasteiger partial charge in [0.25, 0.3) is 0 Å². The first-order valence-electron chi connectivity index (χ1n) is 8.70. The highest BCUT2D eigenvalue weighted by Gasteiger charge is 2.23. The summed E-state index contributed by atoms with van der Waals surface area (Å²) in [6.45, 7) is 8.41. The van der Waals surface area contributed by atoms with Gasteiger partial charge in [-0.1, -0.05) is 0 Å². The summed E-state index contributed by atoms with van der Waals surface area (Å²) in [4.78, 5) is 18.0. The number of amides is 1. The van der Waals surface area contributed by atoms with Gasteiger partial charge in [-0.05, 0) is 50.1 Å². The molecule has 1 N–H and O–H groups in total. The molecule has 3 rings (SSSR count). The molecule has 23 heavy (non-hydrogen) atoms. The second-order valence-corrected chi connectivity index (χ2v) is 6.84. The molecule has 2 aliphatic heterocycles. The maximum atomic E-state index is 10.5. The number of piperidine rings is 1. The van der Waals surface area contributed by atoms with Crippen LogP contribution in [-0.4, -0.2) is 69.1 Å². The Kier molecular flexibility index (Phi) is 5.51. The molecule has 2 heterocycles. The maximum Gasteiger partial charge on any atom is 0.211 e. The second-order valence-electron chi connectivity index (χ2n) is 6.84.